The predicted molar refractivity (Wildman–Crippen MR) is 109 cm³/mol. The lowest BCUT2D eigenvalue weighted by atomic mass is 10.1. The number of carbonyl (C=O) groups excluding carboxylic acids is 2. The van der Waals surface area contributed by atoms with Crippen molar-refractivity contribution in [1.29, 1.82) is 0 Å². The first-order valence-corrected chi connectivity index (χ1v) is 11.2. The van der Waals surface area contributed by atoms with E-state index in [1.54, 1.807) is 38.1 Å². The summed E-state index contributed by atoms with van der Waals surface area (Å²) >= 11 is 2.26. The molecule has 3 rings (SSSR count). The fourth-order valence-corrected chi connectivity index (χ4v) is 4.86. The Bertz CT molecular complexity index is 930. The number of aliphatic carboxylic acids is 1. The third-order valence-electron chi connectivity index (χ3n) is 4.11. The zero-order valence-corrected chi connectivity index (χ0v) is 17.9. The number of hydrogen-bond donors (Lipinski definition) is 1. The Morgan fingerprint density at radius 3 is 2.30 bits per heavy atom. The van der Waals surface area contributed by atoms with Crippen LogP contribution in [-0.4, -0.2) is 34.4 Å². The summed E-state index contributed by atoms with van der Waals surface area (Å²) in [6, 6.07) is 6.91. The highest BCUT2D eigenvalue weighted by Crippen LogP contribution is 2.44. The first-order chi connectivity index (χ1) is 14.3. The summed E-state index contributed by atoms with van der Waals surface area (Å²) in [6.07, 6.45) is 3.01. The highest BCUT2D eigenvalue weighted by molar-refractivity contribution is 8.02. The molecule has 160 valence electrons. The molecule has 0 fully saturated rings. The van der Waals surface area contributed by atoms with E-state index in [0.717, 1.165) is 11.8 Å². The van der Waals surface area contributed by atoms with Gasteiger partial charge < -0.3 is 23.4 Å². The molecule has 0 bridgehead atoms. The van der Waals surface area contributed by atoms with Gasteiger partial charge in [0, 0.05) is 0 Å². The molecular formula is C20H20O8S2. The molecule has 30 heavy (non-hydrogen) atoms. The lowest BCUT2D eigenvalue weighted by Gasteiger charge is -2.25. The van der Waals surface area contributed by atoms with Crippen LogP contribution in [0, 0.1) is 5.92 Å². The summed E-state index contributed by atoms with van der Waals surface area (Å²) < 4.78 is 21.1. The van der Waals surface area contributed by atoms with E-state index >= 15 is 0 Å². The number of carboxylic acids is 1. The van der Waals surface area contributed by atoms with Crippen molar-refractivity contribution in [2.75, 3.05) is 5.75 Å². The van der Waals surface area contributed by atoms with Crippen LogP contribution in [0.25, 0.3) is 0 Å². The summed E-state index contributed by atoms with van der Waals surface area (Å²) in [6.45, 7) is 3.23. The zero-order valence-electron chi connectivity index (χ0n) is 16.3. The first kappa shape index (κ1) is 22.1. The average Bonchev–Trinajstić information content (AvgIpc) is 3.43. The van der Waals surface area contributed by atoms with Crippen LogP contribution in [0.3, 0.4) is 0 Å². The third-order valence-corrected chi connectivity index (χ3v) is 6.45. The molecule has 2 aromatic heterocycles. The Morgan fingerprint density at radius 2 is 1.77 bits per heavy atom. The molecule has 1 atom stereocenters. The highest BCUT2D eigenvalue weighted by Gasteiger charge is 2.56. The van der Waals surface area contributed by atoms with Gasteiger partial charge in [0.2, 0.25) is 5.76 Å². The minimum atomic E-state index is -1.97. The molecule has 0 saturated carbocycles. The number of ether oxygens (including phenoxy) is 2. The number of thioether (sulfide) groups is 2. The number of furan rings is 2. The summed E-state index contributed by atoms with van der Waals surface area (Å²) in [7, 11) is 0. The molecule has 1 unspecified atom stereocenters. The molecule has 1 aliphatic heterocycles. The topological polar surface area (TPSA) is 116 Å². The van der Waals surface area contributed by atoms with Gasteiger partial charge in [0.1, 0.15) is 11.5 Å². The van der Waals surface area contributed by atoms with Crippen molar-refractivity contribution in [2.45, 2.75) is 31.0 Å². The Labute approximate surface area is 181 Å². The van der Waals surface area contributed by atoms with Crippen molar-refractivity contribution >= 4 is 41.4 Å². The molecule has 0 saturated heterocycles. The van der Waals surface area contributed by atoms with E-state index in [0.29, 0.717) is 17.3 Å². The van der Waals surface area contributed by atoms with E-state index in [9.17, 15) is 19.5 Å². The van der Waals surface area contributed by atoms with Gasteiger partial charge in [-0.05, 0) is 24.3 Å². The van der Waals surface area contributed by atoms with Gasteiger partial charge in [-0.3, -0.25) is 4.79 Å². The van der Waals surface area contributed by atoms with E-state index in [2.05, 4.69) is 0 Å². The Hall–Kier alpha value is -2.59. The molecule has 1 aliphatic rings. The average molecular weight is 453 g/mol. The lowest BCUT2D eigenvalue weighted by molar-refractivity contribution is -0.166. The quantitative estimate of drug-likeness (QED) is 0.533. The second-order valence-electron chi connectivity index (χ2n) is 6.70. The van der Waals surface area contributed by atoms with E-state index in [1.807, 2.05) is 0 Å². The number of cyclic esters (lactones) is 1. The molecule has 10 heteroatoms. The lowest BCUT2D eigenvalue weighted by Crippen LogP contribution is -2.43. The molecule has 1 N–H and O–H groups in total. The zero-order chi connectivity index (χ0) is 21.7. The van der Waals surface area contributed by atoms with Crippen molar-refractivity contribution < 1.29 is 37.8 Å². The SMILES string of the molecule is CC(C)C(=O)OC1=C(SCc2ccco2)C(CSCc2ccco2)(C(=O)O)OC1=O. The Balaban J connectivity index is 1.90. The van der Waals surface area contributed by atoms with Crippen molar-refractivity contribution in [3.8, 4) is 0 Å². The van der Waals surface area contributed by atoms with Crippen molar-refractivity contribution in [3.05, 3.63) is 59.0 Å². The smallest absolute Gasteiger partial charge is 0.376 e. The number of carbonyl (C=O) groups is 3. The van der Waals surface area contributed by atoms with Gasteiger partial charge in [-0.25, -0.2) is 9.59 Å². The molecule has 3 heterocycles. The summed E-state index contributed by atoms with van der Waals surface area (Å²) in [5, 5.41) is 10.0. The van der Waals surface area contributed by atoms with Gasteiger partial charge in [-0.15, -0.1) is 23.5 Å². The predicted octanol–water partition coefficient (Wildman–Crippen LogP) is 3.83. The molecule has 8 nitrogen and oxygen atoms in total. The van der Waals surface area contributed by atoms with Crippen LogP contribution in [0.5, 0.6) is 0 Å². The van der Waals surface area contributed by atoms with Crippen molar-refractivity contribution in [1.82, 2.24) is 0 Å². The first-order valence-electron chi connectivity index (χ1n) is 9.02. The van der Waals surface area contributed by atoms with Gasteiger partial charge in [-0.1, -0.05) is 13.8 Å². The number of rotatable bonds is 10. The van der Waals surface area contributed by atoms with E-state index in [1.165, 1.54) is 24.3 Å². The van der Waals surface area contributed by atoms with Gasteiger partial charge in [-0.2, -0.15) is 0 Å². The van der Waals surface area contributed by atoms with Crippen molar-refractivity contribution in [3.63, 3.8) is 0 Å². The Morgan fingerprint density at radius 1 is 1.13 bits per heavy atom. The minimum absolute atomic E-state index is 0.0392. The molecular weight excluding hydrogens is 432 g/mol. The third kappa shape index (κ3) is 4.76. The Kier molecular flexibility index (Phi) is 6.99. The summed E-state index contributed by atoms with van der Waals surface area (Å²) in [5.41, 5.74) is -1.97. The van der Waals surface area contributed by atoms with Crippen LogP contribution >= 0.6 is 23.5 Å². The maximum absolute atomic E-state index is 12.5. The van der Waals surface area contributed by atoms with Gasteiger partial charge in [0.25, 0.3) is 5.60 Å². The fraction of sp³-hybridized carbons (Fsp3) is 0.350. The molecule has 0 aromatic carbocycles. The van der Waals surface area contributed by atoms with E-state index in [-0.39, 0.29) is 22.2 Å². The molecule has 0 radical (unpaired) electrons. The normalized spacial score (nSPS) is 18.7. The molecule has 0 amide bonds. The number of hydrogen-bond acceptors (Lipinski definition) is 9. The second-order valence-corrected chi connectivity index (χ2v) is 8.67. The van der Waals surface area contributed by atoms with Crippen LogP contribution in [-0.2, 0) is 35.4 Å². The minimum Gasteiger partial charge on any atom is -0.478 e. The molecule has 0 spiro atoms. The maximum atomic E-state index is 12.5. The van der Waals surface area contributed by atoms with Crippen molar-refractivity contribution in [2.24, 2.45) is 5.92 Å². The standard InChI is InChI=1S/C20H20O8S2/c1-12(2)17(21)27-15-16(30-10-14-6-4-8-26-14)20(19(23)24,28-18(15)22)11-29-9-13-5-3-7-25-13/h3-8,12H,9-11H2,1-2H3,(H,23,24). The van der Waals surface area contributed by atoms with Crippen LogP contribution in [0.1, 0.15) is 25.4 Å². The summed E-state index contributed by atoms with van der Waals surface area (Å²) in [5.74, 6) is -2.10. The van der Waals surface area contributed by atoms with Crippen LogP contribution < -0.4 is 0 Å². The number of carboxylic acid groups (broad SMARTS) is 1. The van der Waals surface area contributed by atoms with E-state index in [4.69, 9.17) is 18.3 Å². The summed E-state index contributed by atoms with van der Waals surface area (Å²) in [4.78, 5) is 37.0. The molecule has 0 aliphatic carbocycles. The number of esters is 2. The van der Waals surface area contributed by atoms with Crippen LogP contribution in [0.2, 0.25) is 0 Å². The largest absolute Gasteiger partial charge is 0.478 e. The van der Waals surface area contributed by atoms with Crippen LogP contribution in [0.15, 0.2) is 56.3 Å². The van der Waals surface area contributed by atoms with Gasteiger partial charge >= 0.3 is 17.9 Å². The van der Waals surface area contributed by atoms with Crippen LogP contribution in [0.4, 0.5) is 0 Å². The maximum Gasteiger partial charge on any atom is 0.376 e. The van der Waals surface area contributed by atoms with Gasteiger partial charge in [0.05, 0.1) is 40.6 Å². The fourth-order valence-electron chi connectivity index (χ4n) is 2.54. The monoisotopic (exact) mass is 452 g/mol. The second kappa shape index (κ2) is 9.48. The molecule has 2 aromatic rings. The van der Waals surface area contributed by atoms with Gasteiger partial charge in [0.15, 0.2) is 0 Å². The highest BCUT2D eigenvalue weighted by atomic mass is 32.2. The van der Waals surface area contributed by atoms with E-state index < -0.39 is 29.4 Å².